The van der Waals surface area contributed by atoms with Gasteiger partial charge in [-0.2, -0.15) is 0 Å². The maximum absolute atomic E-state index is 13.5. The lowest BCUT2D eigenvalue weighted by Crippen LogP contribution is -2.31. The highest BCUT2D eigenvalue weighted by atomic mass is 32.2. The number of thiazole rings is 1. The van der Waals surface area contributed by atoms with E-state index in [-0.39, 0.29) is 17.2 Å². The third kappa shape index (κ3) is 4.95. The van der Waals surface area contributed by atoms with E-state index in [1.54, 1.807) is 62.5 Å². The van der Waals surface area contributed by atoms with Crippen LogP contribution < -0.4 is 9.64 Å². The molecule has 0 spiro atoms. The molecule has 0 saturated carbocycles. The number of rotatable bonds is 8. The first-order valence-corrected chi connectivity index (χ1v) is 13.1. The molecule has 7 nitrogen and oxygen atoms in total. The first kappa shape index (κ1) is 23.8. The van der Waals surface area contributed by atoms with E-state index >= 15 is 0 Å². The molecule has 0 radical (unpaired) electrons. The summed E-state index contributed by atoms with van der Waals surface area (Å²) in [7, 11) is -1.77. The average molecular weight is 496 g/mol. The maximum Gasteiger partial charge on any atom is 0.233 e. The highest BCUT2D eigenvalue weighted by molar-refractivity contribution is 7.92. The zero-order valence-corrected chi connectivity index (χ0v) is 20.8. The van der Waals surface area contributed by atoms with Gasteiger partial charge in [-0.15, -0.1) is 0 Å². The summed E-state index contributed by atoms with van der Waals surface area (Å²) < 4.78 is 31.2. The molecule has 2 aromatic carbocycles. The lowest BCUT2D eigenvalue weighted by atomic mass is 10.1. The van der Waals surface area contributed by atoms with E-state index in [1.165, 1.54) is 11.3 Å². The highest BCUT2D eigenvalue weighted by Gasteiger charge is 2.23. The lowest BCUT2D eigenvalue weighted by Gasteiger charge is -2.20. The number of anilines is 1. The second-order valence-corrected chi connectivity index (χ2v) is 11.6. The molecule has 4 aromatic rings. The first-order chi connectivity index (χ1) is 16.3. The van der Waals surface area contributed by atoms with Crippen molar-refractivity contribution in [2.45, 2.75) is 37.0 Å². The number of carbonyl (C=O) groups excluding carboxylic acids is 1. The van der Waals surface area contributed by atoms with Gasteiger partial charge in [-0.25, -0.2) is 13.4 Å². The average Bonchev–Trinajstić information content (AvgIpc) is 3.27. The number of amides is 1. The predicted molar refractivity (Wildman–Crippen MR) is 134 cm³/mol. The summed E-state index contributed by atoms with van der Waals surface area (Å²) in [6.45, 7) is 3.61. The van der Waals surface area contributed by atoms with Gasteiger partial charge in [0.25, 0.3) is 0 Å². The molecule has 0 aliphatic heterocycles. The van der Waals surface area contributed by atoms with Crippen molar-refractivity contribution < 1.29 is 17.9 Å². The van der Waals surface area contributed by atoms with Gasteiger partial charge in [-0.3, -0.25) is 14.7 Å². The Bertz CT molecular complexity index is 1400. The molecule has 176 valence electrons. The van der Waals surface area contributed by atoms with E-state index in [0.717, 1.165) is 15.8 Å². The second kappa shape index (κ2) is 9.90. The van der Waals surface area contributed by atoms with Crippen LogP contribution in [-0.2, 0) is 27.6 Å². The molecule has 1 amide bonds. The summed E-state index contributed by atoms with van der Waals surface area (Å²) in [4.78, 5) is 24.2. The Morgan fingerprint density at radius 1 is 1.06 bits per heavy atom. The number of nitrogens with zero attached hydrogens (tertiary/aromatic N) is 3. The van der Waals surface area contributed by atoms with Crippen LogP contribution in [0.2, 0.25) is 0 Å². The van der Waals surface area contributed by atoms with Crippen LogP contribution >= 0.6 is 11.3 Å². The molecule has 0 aliphatic rings. The Labute approximate surface area is 203 Å². The molecule has 0 atom stereocenters. The molecule has 0 fully saturated rings. The van der Waals surface area contributed by atoms with Crippen LogP contribution in [0.4, 0.5) is 5.13 Å². The van der Waals surface area contributed by atoms with Gasteiger partial charge in [0.1, 0.15) is 11.3 Å². The zero-order chi connectivity index (χ0) is 24.3. The van der Waals surface area contributed by atoms with Gasteiger partial charge in [0.2, 0.25) is 5.91 Å². The van der Waals surface area contributed by atoms with Gasteiger partial charge >= 0.3 is 0 Å². The number of ether oxygens (including phenoxy) is 1. The number of sulfone groups is 1. The maximum atomic E-state index is 13.5. The van der Waals surface area contributed by atoms with E-state index in [0.29, 0.717) is 22.9 Å². The number of fused-ring (bicyclic) bond motifs is 1. The van der Waals surface area contributed by atoms with Crippen molar-refractivity contribution in [2.24, 2.45) is 0 Å². The molecule has 2 aromatic heterocycles. The number of carbonyl (C=O) groups is 1. The summed E-state index contributed by atoms with van der Waals surface area (Å²) in [6.07, 6.45) is 3.51. The number of methoxy groups -OCH3 is 1. The van der Waals surface area contributed by atoms with Crippen LogP contribution in [0.3, 0.4) is 0 Å². The predicted octanol–water partition coefficient (Wildman–Crippen LogP) is 4.66. The molecular weight excluding hydrogens is 470 g/mol. The minimum absolute atomic E-state index is 0.106. The fourth-order valence-corrected chi connectivity index (χ4v) is 5.53. The first-order valence-electron chi connectivity index (χ1n) is 10.7. The van der Waals surface area contributed by atoms with Crippen molar-refractivity contribution in [1.82, 2.24) is 9.97 Å². The number of hydrogen-bond acceptors (Lipinski definition) is 7. The monoisotopic (exact) mass is 495 g/mol. The number of pyridine rings is 1. The fraction of sp³-hybridized carbons (Fsp3) is 0.240. The van der Waals surface area contributed by atoms with E-state index in [2.05, 4.69) is 4.98 Å². The van der Waals surface area contributed by atoms with Crippen LogP contribution in [0.1, 0.15) is 25.0 Å². The van der Waals surface area contributed by atoms with Gasteiger partial charge in [0, 0.05) is 12.4 Å². The normalized spacial score (nSPS) is 11.6. The minimum Gasteiger partial charge on any atom is -0.494 e. The third-order valence-corrected chi connectivity index (χ3v) is 8.63. The molecule has 0 bridgehead atoms. The highest BCUT2D eigenvalue weighted by Crippen LogP contribution is 2.35. The van der Waals surface area contributed by atoms with Gasteiger partial charge in [-0.1, -0.05) is 35.6 Å². The van der Waals surface area contributed by atoms with Crippen molar-refractivity contribution in [3.05, 3.63) is 78.1 Å². The number of hydrogen-bond donors (Lipinski definition) is 0. The molecule has 0 aliphatic carbocycles. The summed E-state index contributed by atoms with van der Waals surface area (Å²) in [5, 5.41) is 0.0540. The minimum atomic E-state index is -3.37. The Balaban J connectivity index is 1.65. The quantitative estimate of drug-likeness (QED) is 0.353. The Morgan fingerprint density at radius 3 is 2.47 bits per heavy atom. The van der Waals surface area contributed by atoms with Crippen LogP contribution in [-0.4, -0.2) is 36.7 Å². The smallest absolute Gasteiger partial charge is 0.233 e. The molecule has 0 unspecified atom stereocenters. The van der Waals surface area contributed by atoms with E-state index in [1.807, 2.05) is 30.3 Å². The SMILES string of the molecule is COc1cccc2sc(N(Cc3cccnc3)C(=O)Cc3ccc(S(=O)(=O)C(C)C)cc3)nc12. The third-order valence-electron chi connectivity index (χ3n) is 5.41. The van der Waals surface area contributed by atoms with Crippen molar-refractivity contribution in [1.29, 1.82) is 0 Å². The van der Waals surface area contributed by atoms with Crippen LogP contribution in [0, 0.1) is 0 Å². The number of benzene rings is 2. The molecule has 2 heterocycles. The Hall–Kier alpha value is -3.30. The molecule has 0 saturated heterocycles. The van der Waals surface area contributed by atoms with E-state index in [9.17, 15) is 13.2 Å². The van der Waals surface area contributed by atoms with Crippen molar-refractivity contribution in [2.75, 3.05) is 12.0 Å². The largest absolute Gasteiger partial charge is 0.494 e. The van der Waals surface area contributed by atoms with Gasteiger partial charge in [0.15, 0.2) is 15.0 Å². The molecule has 0 N–H and O–H groups in total. The second-order valence-electron chi connectivity index (χ2n) is 8.06. The standard InChI is InChI=1S/C25H25N3O4S2/c1-17(2)34(30,31)20-11-9-18(10-12-20)14-23(29)28(16-19-6-5-13-26-15-19)25-27-24-21(32-3)7-4-8-22(24)33-25/h4-13,15,17H,14,16H2,1-3H3. The van der Waals surface area contributed by atoms with E-state index in [4.69, 9.17) is 9.72 Å². The van der Waals surface area contributed by atoms with Crippen molar-refractivity contribution >= 4 is 42.4 Å². The Kier molecular flexibility index (Phi) is 6.95. The van der Waals surface area contributed by atoms with Crippen molar-refractivity contribution in [3.8, 4) is 5.75 Å². The summed E-state index contributed by atoms with van der Waals surface area (Å²) in [5.41, 5.74) is 2.31. The van der Waals surface area contributed by atoms with Gasteiger partial charge in [0.05, 0.1) is 34.9 Å². The summed E-state index contributed by atoms with van der Waals surface area (Å²) in [6, 6.07) is 15.9. The Morgan fingerprint density at radius 2 is 1.82 bits per heavy atom. The molecule has 34 heavy (non-hydrogen) atoms. The molecule has 4 rings (SSSR count). The van der Waals surface area contributed by atoms with Crippen LogP contribution in [0.5, 0.6) is 5.75 Å². The lowest BCUT2D eigenvalue weighted by molar-refractivity contribution is -0.118. The van der Waals surface area contributed by atoms with Gasteiger partial charge in [-0.05, 0) is 55.3 Å². The molecule has 9 heteroatoms. The number of para-hydroxylation sites is 1. The summed E-state index contributed by atoms with van der Waals surface area (Å²) >= 11 is 1.42. The van der Waals surface area contributed by atoms with Crippen molar-refractivity contribution in [3.63, 3.8) is 0 Å². The van der Waals surface area contributed by atoms with E-state index < -0.39 is 15.1 Å². The van der Waals surface area contributed by atoms with Crippen LogP contribution in [0.25, 0.3) is 10.2 Å². The topological polar surface area (TPSA) is 89.5 Å². The number of aromatic nitrogens is 2. The summed E-state index contributed by atoms with van der Waals surface area (Å²) in [5.74, 6) is 0.497. The zero-order valence-electron chi connectivity index (χ0n) is 19.1. The van der Waals surface area contributed by atoms with Crippen LogP contribution in [0.15, 0.2) is 71.9 Å². The molecular formula is C25H25N3O4S2. The fourth-order valence-electron chi connectivity index (χ4n) is 3.47. The van der Waals surface area contributed by atoms with Gasteiger partial charge < -0.3 is 4.74 Å².